The van der Waals surface area contributed by atoms with Crippen molar-refractivity contribution in [2.24, 2.45) is 34.5 Å². The second kappa shape index (κ2) is 7.64. The summed E-state index contributed by atoms with van der Waals surface area (Å²) in [5.74, 6) is -0.426. The highest BCUT2D eigenvalue weighted by Gasteiger charge is 2.63. The van der Waals surface area contributed by atoms with Gasteiger partial charge >= 0.3 is 5.97 Å². The van der Waals surface area contributed by atoms with E-state index >= 15 is 0 Å². The van der Waals surface area contributed by atoms with Gasteiger partial charge in [-0.05, 0) is 62.5 Å². The summed E-state index contributed by atoms with van der Waals surface area (Å²) in [5.41, 5.74) is 1.51. The smallest absolute Gasteiger partial charge is 0.302 e. The number of ether oxygens (including phenoxy) is 1. The third kappa shape index (κ3) is 3.61. The Labute approximate surface area is 190 Å². The predicted molar refractivity (Wildman–Crippen MR) is 120 cm³/mol. The zero-order chi connectivity index (χ0) is 23.6. The Balaban J connectivity index is 1.76. The third-order valence-electron chi connectivity index (χ3n) is 9.12. The topological polar surface area (TPSA) is 94.6 Å². The van der Waals surface area contributed by atoms with Crippen LogP contribution in [0, 0.1) is 34.5 Å². The van der Waals surface area contributed by atoms with E-state index in [9.17, 15) is 22.8 Å². The van der Waals surface area contributed by atoms with Gasteiger partial charge in [0.2, 0.25) is 0 Å². The number of esters is 1. The first kappa shape index (κ1) is 23.4. The Hall–Kier alpha value is -1.76. The van der Waals surface area contributed by atoms with Crippen LogP contribution in [0.1, 0.15) is 59.8 Å². The molecule has 176 valence electrons. The van der Waals surface area contributed by atoms with Gasteiger partial charge in [0.15, 0.2) is 15.6 Å². The normalized spacial score (nSPS) is 39.9. The van der Waals surface area contributed by atoms with Gasteiger partial charge in [-0.15, -0.1) is 0 Å². The van der Waals surface area contributed by atoms with Crippen molar-refractivity contribution in [1.29, 1.82) is 0 Å². The zero-order valence-corrected chi connectivity index (χ0v) is 20.5. The molecule has 4 aliphatic carbocycles. The van der Waals surface area contributed by atoms with Gasteiger partial charge in [-0.3, -0.25) is 14.4 Å². The molecule has 6 nitrogen and oxygen atoms in total. The summed E-state index contributed by atoms with van der Waals surface area (Å²) in [6.45, 7) is 7.58. The molecule has 3 fully saturated rings. The van der Waals surface area contributed by atoms with Gasteiger partial charge in [0.1, 0.15) is 11.9 Å². The zero-order valence-electron chi connectivity index (χ0n) is 19.6. The van der Waals surface area contributed by atoms with Gasteiger partial charge in [-0.25, -0.2) is 8.42 Å². The van der Waals surface area contributed by atoms with Crippen molar-refractivity contribution in [3.63, 3.8) is 0 Å². The van der Waals surface area contributed by atoms with Crippen LogP contribution in [0.3, 0.4) is 0 Å². The van der Waals surface area contributed by atoms with E-state index in [1.54, 1.807) is 12.2 Å². The van der Waals surface area contributed by atoms with Crippen molar-refractivity contribution in [1.82, 2.24) is 0 Å². The van der Waals surface area contributed by atoms with Crippen LogP contribution >= 0.6 is 0 Å². The minimum Gasteiger partial charge on any atom is -0.461 e. The van der Waals surface area contributed by atoms with Crippen LogP contribution in [0.2, 0.25) is 0 Å². The molecule has 0 aromatic carbocycles. The lowest BCUT2D eigenvalue weighted by Gasteiger charge is -2.58. The molecule has 0 heterocycles. The average molecular weight is 463 g/mol. The summed E-state index contributed by atoms with van der Waals surface area (Å²) >= 11 is 0. The molecule has 0 aliphatic heterocycles. The molecule has 0 bridgehead atoms. The molecule has 0 N–H and O–H groups in total. The van der Waals surface area contributed by atoms with Crippen molar-refractivity contribution in [3.8, 4) is 0 Å². The first-order valence-corrected chi connectivity index (χ1v) is 13.7. The number of carbonyl (C=O) groups is 3. The number of ketones is 2. The van der Waals surface area contributed by atoms with Crippen molar-refractivity contribution >= 4 is 27.4 Å². The molecule has 0 saturated heterocycles. The Bertz CT molecular complexity index is 1040. The summed E-state index contributed by atoms with van der Waals surface area (Å²) in [5, 5.41) is 0. The van der Waals surface area contributed by atoms with Gasteiger partial charge in [0, 0.05) is 36.3 Å². The number of sulfone groups is 1. The quantitative estimate of drug-likeness (QED) is 0.594. The fraction of sp³-hybridized carbons (Fsp3) is 0.720. The maximum Gasteiger partial charge on any atom is 0.302 e. The maximum absolute atomic E-state index is 13.3. The molecule has 0 radical (unpaired) electrons. The van der Waals surface area contributed by atoms with E-state index in [-0.39, 0.29) is 52.8 Å². The molecule has 0 aromatic rings. The molecular formula is C25H34O6S. The maximum atomic E-state index is 13.3. The first-order chi connectivity index (χ1) is 14.8. The van der Waals surface area contributed by atoms with Gasteiger partial charge in [0.25, 0.3) is 0 Å². The number of hydrogen-bond acceptors (Lipinski definition) is 6. The summed E-state index contributed by atoms with van der Waals surface area (Å²) in [4.78, 5) is 37.3. The summed E-state index contributed by atoms with van der Waals surface area (Å²) in [6, 6.07) is 0. The number of fused-ring (bicyclic) bond motifs is 5. The molecule has 0 spiro atoms. The number of rotatable bonds is 4. The lowest BCUT2D eigenvalue weighted by atomic mass is 9.46. The Morgan fingerprint density at radius 2 is 1.91 bits per heavy atom. The van der Waals surface area contributed by atoms with Gasteiger partial charge < -0.3 is 4.74 Å². The molecule has 32 heavy (non-hydrogen) atoms. The summed E-state index contributed by atoms with van der Waals surface area (Å²) in [6.07, 6.45) is 7.42. The highest BCUT2D eigenvalue weighted by Crippen LogP contribution is 2.66. The van der Waals surface area contributed by atoms with Crippen LogP contribution in [-0.2, 0) is 29.0 Å². The van der Waals surface area contributed by atoms with Crippen LogP contribution in [-0.4, -0.2) is 44.1 Å². The van der Waals surface area contributed by atoms with E-state index in [2.05, 4.69) is 6.92 Å². The largest absolute Gasteiger partial charge is 0.461 e. The molecule has 3 saturated carbocycles. The Kier molecular flexibility index (Phi) is 5.59. The monoisotopic (exact) mass is 462 g/mol. The van der Waals surface area contributed by atoms with Crippen LogP contribution < -0.4 is 0 Å². The summed E-state index contributed by atoms with van der Waals surface area (Å²) in [7, 11) is -3.40. The van der Waals surface area contributed by atoms with Crippen LogP contribution in [0.25, 0.3) is 0 Å². The van der Waals surface area contributed by atoms with Gasteiger partial charge in [-0.1, -0.05) is 25.0 Å². The van der Waals surface area contributed by atoms with Crippen LogP contribution in [0.5, 0.6) is 0 Å². The van der Waals surface area contributed by atoms with Crippen molar-refractivity contribution in [2.75, 3.05) is 12.0 Å². The fourth-order valence-corrected chi connectivity index (χ4v) is 8.54. The second-order valence-electron chi connectivity index (χ2n) is 10.9. The van der Waals surface area contributed by atoms with E-state index in [0.29, 0.717) is 0 Å². The van der Waals surface area contributed by atoms with Crippen molar-refractivity contribution < 1.29 is 27.5 Å². The third-order valence-corrected chi connectivity index (χ3v) is 10.1. The standard InChI is InChI=1S/C25H34O6S/c1-14-10-17(27)11-16-6-7-18-20(25(14,16)4)8-9-24(3)22(28)12-19(23(18)24)21(31-15(2)26)13-32(5,29)30/h10-11,18-21,23H,6-9,12-13H2,1-5H3/t18?,19-,20?,21?,23?,24+,25-/m0/s1. The van der Waals surface area contributed by atoms with E-state index in [1.807, 2.05) is 13.8 Å². The SMILES string of the molecule is CC(=O)OC(CS(C)(=O)=O)[C@@H]1CC(=O)[C@@]2(C)CCC3C(CCC4=CC(=O)C=C(C)[C@@]43C)C12. The molecule has 0 amide bonds. The fourth-order valence-electron chi connectivity index (χ4n) is 7.63. The van der Waals surface area contributed by atoms with E-state index in [0.717, 1.165) is 37.5 Å². The molecule has 7 atom stereocenters. The van der Waals surface area contributed by atoms with E-state index < -0.39 is 27.3 Å². The molecule has 4 aliphatic rings. The first-order valence-electron chi connectivity index (χ1n) is 11.6. The van der Waals surface area contributed by atoms with E-state index in [4.69, 9.17) is 4.74 Å². The van der Waals surface area contributed by atoms with Crippen LogP contribution in [0.4, 0.5) is 0 Å². The number of Topliss-reactive ketones (excluding diaryl/α,β-unsaturated/α-hetero) is 1. The van der Waals surface area contributed by atoms with Crippen molar-refractivity contribution in [2.45, 2.75) is 65.9 Å². The van der Waals surface area contributed by atoms with Gasteiger partial charge in [0.05, 0.1) is 5.75 Å². The Morgan fingerprint density at radius 3 is 2.53 bits per heavy atom. The second-order valence-corrected chi connectivity index (χ2v) is 13.1. The highest BCUT2D eigenvalue weighted by atomic mass is 32.2. The van der Waals surface area contributed by atoms with Crippen molar-refractivity contribution in [3.05, 3.63) is 23.3 Å². The number of hydrogen-bond donors (Lipinski definition) is 0. The molecule has 4 rings (SSSR count). The molecular weight excluding hydrogens is 428 g/mol. The highest BCUT2D eigenvalue weighted by molar-refractivity contribution is 7.90. The minimum absolute atomic E-state index is 0.0383. The van der Waals surface area contributed by atoms with Crippen LogP contribution in [0.15, 0.2) is 23.3 Å². The summed E-state index contributed by atoms with van der Waals surface area (Å²) < 4.78 is 29.9. The van der Waals surface area contributed by atoms with Gasteiger partial charge in [-0.2, -0.15) is 0 Å². The number of allylic oxidation sites excluding steroid dienone is 4. The molecule has 7 heteroatoms. The lowest BCUT2D eigenvalue weighted by molar-refractivity contribution is -0.151. The van der Waals surface area contributed by atoms with E-state index in [1.165, 1.54) is 12.5 Å². The molecule has 0 aromatic heterocycles. The predicted octanol–water partition coefficient (Wildman–Crippen LogP) is 3.46. The average Bonchev–Trinajstić information content (AvgIpc) is 2.92. The number of carbonyl (C=O) groups excluding carboxylic acids is 3. The minimum atomic E-state index is -3.40. The molecule has 4 unspecified atom stereocenters. The lowest BCUT2D eigenvalue weighted by Crippen LogP contribution is -2.53. The Morgan fingerprint density at radius 1 is 1.22 bits per heavy atom.